The number of carboxylic acids is 1. The Morgan fingerprint density at radius 3 is 1.97 bits per heavy atom. The Hall–Kier alpha value is -3.18. The molecule has 2 fully saturated rings. The van der Waals surface area contributed by atoms with Crippen LogP contribution in [-0.4, -0.2) is 166 Å². The average molecular weight is 926 g/mol. The predicted octanol–water partition coefficient (Wildman–Crippen LogP) is 0.936. The van der Waals surface area contributed by atoms with Crippen LogP contribution in [0.25, 0.3) is 0 Å². The largest absolute Gasteiger partial charge is 0.481 e. The molecule has 0 aromatic carbocycles. The Balaban J connectivity index is 1.84. The second kappa shape index (κ2) is 27.6. The van der Waals surface area contributed by atoms with Crippen molar-refractivity contribution in [2.75, 3.05) is 0 Å². The summed E-state index contributed by atoms with van der Waals surface area (Å²) < 4.78 is 23.2. The van der Waals surface area contributed by atoms with Crippen LogP contribution in [0.3, 0.4) is 0 Å². The number of aliphatic hydroxyl groups is 10. The molecule has 3 aliphatic heterocycles. The van der Waals surface area contributed by atoms with Crippen molar-refractivity contribution in [3.63, 3.8) is 0 Å². The summed E-state index contributed by atoms with van der Waals surface area (Å²) >= 11 is 0. The number of aliphatic hydroxyl groups excluding tert-OH is 9. The van der Waals surface area contributed by atoms with Crippen molar-refractivity contribution in [2.24, 2.45) is 23.5 Å². The third kappa shape index (κ3) is 18.8. The smallest absolute Gasteiger partial charge is 0.311 e. The number of nitrogens with two attached hydrogens (primary N) is 1. The van der Waals surface area contributed by atoms with E-state index in [4.69, 9.17) is 24.7 Å². The summed E-state index contributed by atoms with van der Waals surface area (Å²) in [5, 5.41) is 118. The number of aliphatic carboxylic acids is 1. The minimum atomic E-state index is -2.32. The molecular formula is C47H75NO17. The van der Waals surface area contributed by atoms with Gasteiger partial charge in [-0.25, -0.2) is 0 Å². The van der Waals surface area contributed by atoms with Crippen LogP contribution >= 0.6 is 0 Å². The van der Waals surface area contributed by atoms with Gasteiger partial charge in [0.25, 0.3) is 0 Å². The van der Waals surface area contributed by atoms with Gasteiger partial charge in [0.1, 0.15) is 18.1 Å². The van der Waals surface area contributed by atoms with Crippen molar-refractivity contribution in [3.05, 3.63) is 72.9 Å². The highest BCUT2D eigenvalue weighted by molar-refractivity contribution is 5.71. The molecule has 0 aromatic rings. The Morgan fingerprint density at radius 1 is 0.692 bits per heavy atom. The fourth-order valence-corrected chi connectivity index (χ4v) is 8.13. The summed E-state index contributed by atoms with van der Waals surface area (Å²) in [6.07, 6.45) is 2.26. The Bertz CT molecular complexity index is 1620. The number of carboxylic acid groups (broad SMARTS) is 1. The quantitative estimate of drug-likeness (QED) is 0.175. The van der Waals surface area contributed by atoms with Crippen LogP contribution in [0.2, 0.25) is 0 Å². The maximum atomic E-state index is 12.6. The number of hydrogen-bond donors (Lipinski definition) is 12. The zero-order chi connectivity index (χ0) is 48.4. The molecule has 3 heterocycles. The van der Waals surface area contributed by atoms with Gasteiger partial charge >= 0.3 is 11.9 Å². The molecule has 19 unspecified atom stereocenters. The fraction of sp³-hybridized carbons (Fsp3) is 0.702. The Labute approximate surface area is 381 Å². The van der Waals surface area contributed by atoms with E-state index >= 15 is 0 Å². The Kier molecular flexibility index (Phi) is 23.8. The van der Waals surface area contributed by atoms with Crippen LogP contribution in [0.1, 0.15) is 91.9 Å². The van der Waals surface area contributed by atoms with E-state index in [2.05, 4.69) is 0 Å². The molecular weight excluding hydrogens is 851 g/mol. The number of ether oxygens (including phenoxy) is 4. The van der Waals surface area contributed by atoms with Crippen molar-refractivity contribution < 1.29 is 84.7 Å². The Morgan fingerprint density at radius 2 is 1.31 bits per heavy atom. The molecule has 2 bridgehead atoms. The van der Waals surface area contributed by atoms with Gasteiger partial charge in [0.15, 0.2) is 12.1 Å². The van der Waals surface area contributed by atoms with Gasteiger partial charge in [-0.2, -0.15) is 0 Å². The molecule has 0 aliphatic carbocycles. The van der Waals surface area contributed by atoms with Crippen LogP contribution in [0, 0.1) is 17.8 Å². The van der Waals surface area contributed by atoms with E-state index in [1.54, 1.807) is 38.2 Å². The molecule has 3 rings (SSSR count). The van der Waals surface area contributed by atoms with Crippen LogP contribution in [0.5, 0.6) is 0 Å². The second-order valence-electron chi connectivity index (χ2n) is 17.8. The van der Waals surface area contributed by atoms with E-state index < -0.39 is 147 Å². The first-order valence-electron chi connectivity index (χ1n) is 22.6. The first-order valence-corrected chi connectivity index (χ1v) is 22.6. The molecule has 2 saturated heterocycles. The SMILES string of the molecule is CC1/C=C/C=C/CC/C=C/C=C/C=C/C=C/C(OC2OC(C)C(O)C(N)C2O)CC2OC(O)(CC(O)CC(O)C(O)CCC(O)CC(O)CC(=O)OC(C)C(C)C1O)CC(O)C2C(=O)O. The van der Waals surface area contributed by atoms with Crippen LogP contribution in [0.4, 0.5) is 0 Å². The molecule has 0 aromatic heterocycles. The zero-order valence-corrected chi connectivity index (χ0v) is 37.8. The third-order valence-electron chi connectivity index (χ3n) is 12.2. The molecule has 13 N–H and O–H groups in total. The van der Waals surface area contributed by atoms with Gasteiger partial charge in [-0.3, -0.25) is 9.59 Å². The van der Waals surface area contributed by atoms with Crippen molar-refractivity contribution >= 4 is 11.9 Å². The molecule has 0 radical (unpaired) electrons. The van der Waals surface area contributed by atoms with Gasteiger partial charge in [-0.05, 0) is 46.0 Å². The zero-order valence-electron chi connectivity index (χ0n) is 37.8. The number of esters is 1. The van der Waals surface area contributed by atoms with Gasteiger partial charge in [-0.1, -0.05) is 86.8 Å². The van der Waals surface area contributed by atoms with E-state index in [1.165, 1.54) is 13.0 Å². The summed E-state index contributed by atoms with van der Waals surface area (Å²) in [6.45, 7) is 6.78. The number of fused-ring (bicyclic) bond motifs is 2. The van der Waals surface area contributed by atoms with E-state index in [9.17, 15) is 65.8 Å². The molecule has 65 heavy (non-hydrogen) atoms. The lowest BCUT2D eigenvalue weighted by molar-refractivity contribution is -0.308. The predicted molar refractivity (Wildman–Crippen MR) is 237 cm³/mol. The number of allylic oxidation sites excluding steroid dienone is 10. The highest BCUT2D eigenvalue weighted by Crippen LogP contribution is 2.38. The van der Waals surface area contributed by atoms with E-state index in [0.29, 0.717) is 0 Å². The van der Waals surface area contributed by atoms with Gasteiger partial charge in [0.2, 0.25) is 0 Å². The summed E-state index contributed by atoms with van der Waals surface area (Å²) in [5.74, 6) is -6.77. The summed E-state index contributed by atoms with van der Waals surface area (Å²) in [4.78, 5) is 25.1. The maximum absolute atomic E-state index is 12.6. The van der Waals surface area contributed by atoms with Gasteiger partial charge in [-0.15, -0.1) is 0 Å². The molecule has 0 spiro atoms. The van der Waals surface area contributed by atoms with E-state index in [0.717, 1.165) is 12.8 Å². The summed E-state index contributed by atoms with van der Waals surface area (Å²) in [6, 6.07) is -1.14. The van der Waals surface area contributed by atoms with Gasteiger partial charge in [0, 0.05) is 37.5 Å². The van der Waals surface area contributed by atoms with Crippen LogP contribution < -0.4 is 5.73 Å². The molecule has 18 nitrogen and oxygen atoms in total. The summed E-state index contributed by atoms with van der Waals surface area (Å²) in [7, 11) is 0. The average Bonchev–Trinajstić information content (AvgIpc) is 3.21. The molecule has 3 aliphatic rings. The van der Waals surface area contributed by atoms with Crippen molar-refractivity contribution in [1.82, 2.24) is 0 Å². The number of cyclic esters (lactones) is 1. The topological polar surface area (TPSA) is 320 Å². The molecule has 0 saturated carbocycles. The monoisotopic (exact) mass is 926 g/mol. The number of hydrogen-bond acceptors (Lipinski definition) is 17. The molecule has 0 amide bonds. The van der Waals surface area contributed by atoms with Gasteiger partial charge < -0.3 is 80.9 Å². The minimum absolute atomic E-state index is 0.103. The molecule has 19 atom stereocenters. The molecule has 370 valence electrons. The number of carbonyl (C=O) groups is 2. The van der Waals surface area contributed by atoms with Gasteiger partial charge in [0.05, 0.1) is 79.6 Å². The highest BCUT2D eigenvalue weighted by atomic mass is 16.7. The van der Waals surface area contributed by atoms with E-state index in [-0.39, 0.29) is 31.6 Å². The van der Waals surface area contributed by atoms with E-state index in [1.807, 2.05) is 49.5 Å². The maximum Gasteiger partial charge on any atom is 0.311 e. The first kappa shape index (κ1) is 56.1. The van der Waals surface area contributed by atoms with Crippen molar-refractivity contribution in [3.8, 4) is 0 Å². The number of rotatable bonds is 3. The lowest BCUT2D eigenvalue weighted by Gasteiger charge is -2.45. The standard InChI is InChI=1S/C47H75NO17/c1-27-17-15-13-11-9-7-5-6-8-10-12-14-16-18-34(64-46-44(58)41(48)43(57)30(4)63-46)24-38-40(45(59)60)37(54)26-47(61,65-38)25-33(51)22-36(53)35(52)20-19-31(49)21-32(50)23-39(55)62-29(3)28(2)42(27)56/h5-6,8,10-18,27-38,40-44,46,49-54,56-58,61H,7,9,19-26,48H2,1-4H3,(H,59,60)/b6-5+,10-8+,13-11+,14-12+,17-15+,18-16+. The fourth-order valence-electron chi connectivity index (χ4n) is 8.13. The normalized spacial score (nSPS) is 45.2. The number of carbonyl (C=O) groups excluding carboxylic acids is 1. The second-order valence-corrected chi connectivity index (χ2v) is 17.8. The lowest BCUT2D eigenvalue weighted by atomic mass is 9.82. The first-order chi connectivity index (χ1) is 30.6. The molecule has 18 heteroatoms. The van der Waals surface area contributed by atoms with Crippen molar-refractivity contribution in [2.45, 2.75) is 189 Å². The summed E-state index contributed by atoms with van der Waals surface area (Å²) in [5.41, 5.74) is 6.02. The van der Waals surface area contributed by atoms with Crippen LogP contribution in [0.15, 0.2) is 72.9 Å². The highest BCUT2D eigenvalue weighted by Gasteiger charge is 2.51. The minimum Gasteiger partial charge on any atom is -0.481 e. The van der Waals surface area contributed by atoms with Crippen molar-refractivity contribution in [1.29, 1.82) is 0 Å². The third-order valence-corrected chi connectivity index (χ3v) is 12.2. The van der Waals surface area contributed by atoms with Crippen LogP contribution in [-0.2, 0) is 28.5 Å². The lowest BCUT2D eigenvalue weighted by Crippen LogP contribution is -2.61.